The van der Waals surface area contributed by atoms with Crippen molar-refractivity contribution in [3.63, 3.8) is 0 Å². The SMILES string of the molecule is NC(=O)C[C@H](NC(=O)C1CCCCN1)C(=O)NC(Cc1ccccc1)C(O)C(=O)N1CCC[C@H]1C(=O)O. The number of likely N-dealkylation sites (tertiary alicyclic amines) is 1. The van der Waals surface area contributed by atoms with Crippen LogP contribution < -0.4 is 21.7 Å². The van der Waals surface area contributed by atoms with E-state index in [1.54, 1.807) is 30.3 Å². The summed E-state index contributed by atoms with van der Waals surface area (Å²) < 4.78 is 0. The van der Waals surface area contributed by atoms with Crippen molar-refractivity contribution in [2.24, 2.45) is 5.73 Å². The third-order valence-corrected chi connectivity index (χ3v) is 6.75. The average Bonchev–Trinajstić information content (AvgIpc) is 3.38. The minimum absolute atomic E-state index is 0.0481. The first-order valence-electron chi connectivity index (χ1n) is 12.5. The molecule has 0 aliphatic carbocycles. The highest BCUT2D eigenvalue weighted by Gasteiger charge is 2.40. The molecule has 12 heteroatoms. The van der Waals surface area contributed by atoms with Gasteiger partial charge in [-0.2, -0.15) is 0 Å². The molecule has 3 unspecified atom stereocenters. The van der Waals surface area contributed by atoms with Crippen LogP contribution in [-0.2, 0) is 30.4 Å². The van der Waals surface area contributed by atoms with E-state index in [0.717, 1.165) is 17.7 Å². The van der Waals surface area contributed by atoms with E-state index in [1.165, 1.54) is 0 Å². The van der Waals surface area contributed by atoms with Gasteiger partial charge in [-0.15, -0.1) is 0 Å². The number of carboxylic acid groups (broad SMARTS) is 1. The fraction of sp³-hybridized carbons (Fsp3) is 0.560. The number of amides is 4. The Morgan fingerprint density at radius 1 is 1.05 bits per heavy atom. The van der Waals surface area contributed by atoms with E-state index in [9.17, 15) is 34.2 Å². The van der Waals surface area contributed by atoms with Gasteiger partial charge in [0.05, 0.1) is 18.5 Å². The molecule has 2 fully saturated rings. The summed E-state index contributed by atoms with van der Waals surface area (Å²) in [4.78, 5) is 63.4. The molecule has 202 valence electrons. The maximum Gasteiger partial charge on any atom is 0.326 e. The second-order valence-corrected chi connectivity index (χ2v) is 9.51. The zero-order valence-electron chi connectivity index (χ0n) is 20.6. The van der Waals surface area contributed by atoms with Gasteiger partial charge < -0.3 is 36.8 Å². The zero-order chi connectivity index (χ0) is 26.9. The highest BCUT2D eigenvalue weighted by atomic mass is 16.4. The van der Waals surface area contributed by atoms with E-state index in [2.05, 4.69) is 16.0 Å². The molecule has 12 nitrogen and oxygen atoms in total. The van der Waals surface area contributed by atoms with Crippen LogP contribution in [0.1, 0.15) is 44.1 Å². The number of piperidine rings is 1. The molecule has 1 aromatic carbocycles. The molecule has 2 heterocycles. The van der Waals surface area contributed by atoms with Crippen LogP contribution in [0.15, 0.2) is 30.3 Å². The van der Waals surface area contributed by atoms with E-state index in [4.69, 9.17) is 5.73 Å². The van der Waals surface area contributed by atoms with Crippen molar-refractivity contribution >= 4 is 29.6 Å². The van der Waals surface area contributed by atoms with Gasteiger partial charge in [0.15, 0.2) is 6.10 Å². The Kier molecular flexibility index (Phi) is 9.98. The Hall–Kier alpha value is -3.51. The van der Waals surface area contributed by atoms with Gasteiger partial charge >= 0.3 is 5.97 Å². The van der Waals surface area contributed by atoms with Crippen molar-refractivity contribution in [1.29, 1.82) is 0 Å². The summed E-state index contributed by atoms with van der Waals surface area (Å²) in [7, 11) is 0. The number of carbonyl (C=O) groups excluding carboxylic acids is 4. The van der Waals surface area contributed by atoms with Gasteiger partial charge in [-0.05, 0) is 44.2 Å². The average molecular weight is 518 g/mol. The number of rotatable bonds is 11. The second-order valence-electron chi connectivity index (χ2n) is 9.51. The number of benzene rings is 1. The molecule has 4 amide bonds. The number of hydrogen-bond donors (Lipinski definition) is 6. The zero-order valence-corrected chi connectivity index (χ0v) is 20.6. The molecular formula is C25H35N5O7. The summed E-state index contributed by atoms with van der Waals surface area (Å²) in [5, 5.41) is 28.7. The molecule has 0 radical (unpaired) electrons. The Bertz CT molecular complexity index is 983. The number of primary amides is 1. The monoisotopic (exact) mass is 517 g/mol. The van der Waals surface area contributed by atoms with E-state index < -0.39 is 66.3 Å². The fourth-order valence-corrected chi connectivity index (χ4v) is 4.78. The van der Waals surface area contributed by atoms with Gasteiger partial charge in [0, 0.05) is 6.54 Å². The van der Waals surface area contributed by atoms with Gasteiger partial charge in [-0.3, -0.25) is 19.2 Å². The molecule has 37 heavy (non-hydrogen) atoms. The Balaban J connectivity index is 1.78. The number of nitrogens with one attached hydrogen (secondary N) is 3. The summed E-state index contributed by atoms with van der Waals surface area (Å²) >= 11 is 0. The second kappa shape index (κ2) is 13.2. The van der Waals surface area contributed by atoms with Crippen molar-refractivity contribution in [3.05, 3.63) is 35.9 Å². The molecule has 3 rings (SSSR count). The van der Waals surface area contributed by atoms with Crippen molar-refractivity contribution < 1.29 is 34.2 Å². The van der Waals surface area contributed by atoms with E-state index in [0.29, 0.717) is 24.9 Å². The van der Waals surface area contributed by atoms with Crippen LogP contribution in [0.4, 0.5) is 0 Å². The number of carboxylic acids is 1. The Morgan fingerprint density at radius 2 is 1.78 bits per heavy atom. The van der Waals surface area contributed by atoms with Crippen LogP contribution in [0.2, 0.25) is 0 Å². The third kappa shape index (κ3) is 7.73. The lowest BCUT2D eigenvalue weighted by molar-refractivity contribution is -0.153. The number of aliphatic carboxylic acids is 1. The van der Waals surface area contributed by atoms with Crippen LogP contribution in [0, 0.1) is 0 Å². The molecule has 2 aliphatic heterocycles. The van der Waals surface area contributed by atoms with Gasteiger partial charge in [0.25, 0.3) is 5.91 Å². The Labute approximate surface area is 214 Å². The molecular weight excluding hydrogens is 482 g/mol. The highest BCUT2D eigenvalue weighted by Crippen LogP contribution is 2.20. The predicted octanol–water partition coefficient (Wildman–Crippen LogP) is -1.35. The van der Waals surface area contributed by atoms with Crippen LogP contribution in [0.25, 0.3) is 0 Å². The fourth-order valence-electron chi connectivity index (χ4n) is 4.78. The van der Waals surface area contributed by atoms with Crippen molar-refractivity contribution in [2.45, 2.75) is 75.2 Å². The first-order valence-corrected chi connectivity index (χ1v) is 12.5. The summed E-state index contributed by atoms with van der Waals surface area (Å²) in [5.74, 6) is -4.02. The molecule has 2 saturated heterocycles. The number of nitrogens with two attached hydrogens (primary N) is 1. The van der Waals surface area contributed by atoms with Crippen molar-refractivity contribution in [1.82, 2.24) is 20.9 Å². The first-order chi connectivity index (χ1) is 17.7. The summed E-state index contributed by atoms with van der Waals surface area (Å²) in [5.41, 5.74) is 6.03. The van der Waals surface area contributed by atoms with Crippen LogP contribution >= 0.6 is 0 Å². The quantitative estimate of drug-likeness (QED) is 0.208. The molecule has 0 aromatic heterocycles. The van der Waals surface area contributed by atoms with E-state index in [-0.39, 0.29) is 19.4 Å². The van der Waals surface area contributed by atoms with Crippen LogP contribution in [-0.4, -0.2) is 88.1 Å². The number of nitrogens with zero attached hydrogens (tertiary/aromatic N) is 1. The normalized spacial score (nSPS) is 21.9. The van der Waals surface area contributed by atoms with E-state index in [1.807, 2.05) is 0 Å². The summed E-state index contributed by atoms with van der Waals surface area (Å²) in [6.45, 7) is 0.833. The maximum atomic E-state index is 13.2. The highest BCUT2D eigenvalue weighted by molar-refractivity contribution is 5.94. The van der Waals surface area contributed by atoms with Gasteiger partial charge in [-0.25, -0.2) is 4.79 Å². The largest absolute Gasteiger partial charge is 0.480 e. The Morgan fingerprint density at radius 3 is 2.41 bits per heavy atom. The van der Waals surface area contributed by atoms with Crippen molar-refractivity contribution in [3.8, 4) is 0 Å². The smallest absolute Gasteiger partial charge is 0.326 e. The maximum absolute atomic E-state index is 13.2. The van der Waals surface area contributed by atoms with E-state index >= 15 is 0 Å². The van der Waals surface area contributed by atoms with Gasteiger partial charge in [-0.1, -0.05) is 36.8 Å². The summed E-state index contributed by atoms with van der Waals surface area (Å²) in [6, 6.07) is 4.79. The third-order valence-electron chi connectivity index (χ3n) is 6.75. The molecule has 0 spiro atoms. The number of hydrogen-bond acceptors (Lipinski definition) is 7. The minimum Gasteiger partial charge on any atom is -0.480 e. The molecule has 0 saturated carbocycles. The number of aliphatic hydroxyl groups is 1. The first kappa shape index (κ1) is 28.1. The lowest BCUT2D eigenvalue weighted by atomic mass is 9.99. The number of aliphatic hydroxyl groups excluding tert-OH is 1. The predicted molar refractivity (Wildman–Crippen MR) is 132 cm³/mol. The molecule has 5 atom stereocenters. The minimum atomic E-state index is -1.76. The standard InChI is InChI=1S/C25H35N5O7/c26-20(31)14-18(29-22(33)16-9-4-5-11-27-16)23(34)28-17(13-15-7-2-1-3-8-15)21(32)24(35)30-12-6-10-19(30)25(36)37/h1-3,7-8,16-19,21,27,32H,4-6,9-14H2,(H2,26,31)(H,28,34)(H,29,33)(H,36,37)/t16?,17?,18-,19-,21?/m0/s1. The van der Waals surface area contributed by atoms with Crippen molar-refractivity contribution in [2.75, 3.05) is 13.1 Å². The van der Waals surface area contributed by atoms with Crippen LogP contribution in [0.3, 0.4) is 0 Å². The topological polar surface area (TPSA) is 191 Å². The molecule has 2 aliphatic rings. The van der Waals surface area contributed by atoms with Gasteiger partial charge in [0.1, 0.15) is 12.1 Å². The molecule has 1 aromatic rings. The summed E-state index contributed by atoms with van der Waals surface area (Å²) in [6.07, 6.45) is 0.932. The lowest BCUT2D eigenvalue weighted by Crippen LogP contribution is -2.59. The lowest BCUT2D eigenvalue weighted by Gasteiger charge is -2.31. The van der Waals surface area contributed by atoms with Crippen LogP contribution in [0.5, 0.6) is 0 Å². The number of carbonyl (C=O) groups is 5. The molecule has 7 N–H and O–H groups in total. The molecule has 0 bridgehead atoms. The van der Waals surface area contributed by atoms with Gasteiger partial charge in [0.2, 0.25) is 17.7 Å².